The number of hydrogen-bond donors (Lipinski definition) is 1. The van der Waals surface area contributed by atoms with Gasteiger partial charge in [-0.1, -0.05) is 23.7 Å². The molecule has 0 aliphatic carbocycles. The number of hydrogen-bond acceptors (Lipinski definition) is 4. The van der Waals surface area contributed by atoms with Crippen LogP contribution >= 0.6 is 11.6 Å². The number of methoxy groups -OCH3 is 2. The van der Waals surface area contributed by atoms with Crippen LogP contribution in [0.15, 0.2) is 53.4 Å². The summed E-state index contributed by atoms with van der Waals surface area (Å²) in [6.45, 7) is 0. The molecule has 0 amide bonds. The second kappa shape index (κ2) is 7.98. The van der Waals surface area contributed by atoms with Crippen LogP contribution in [-0.2, 0) is 10.0 Å². The normalized spacial score (nSPS) is 11.4. The molecule has 3 aromatic carbocycles. The van der Waals surface area contributed by atoms with Crippen LogP contribution in [0.4, 0.5) is 8.78 Å². The Kier molecular flexibility index (Phi) is 5.79. The fraction of sp³-hybridized carbons (Fsp3) is 0.100. The van der Waals surface area contributed by atoms with Gasteiger partial charge in [-0.05, 0) is 58.7 Å². The number of rotatable bonds is 5. The molecule has 29 heavy (non-hydrogen) atoms. The molecule has 0 atom stereocenters. The number of nitrogens with two attached hydrogens (primary N) is 1. The lowest BCUT2D eigenvalue weighted by Crippen LogP contribution is -2.11. The summed E-state index contributed by atoms with van der Waals surface area (Å²) in [6, 6.07) is 10.7. The molecule has 0 aliphatic heterocycles. The molecule has 0 bridgehead atoms. The Morgan fingerprint density at radius 3 is 1.69 bits per heavy atom. The number of sulfonamides is 1. The van der Waals surface area contributed by atoms with Crippen LogP contribution in [0.3, 0.4) is 0 Å². The van der Waals surface area contributed by atoms with E-state index in [1.807, 2.05) is 0 Å². The van der Waals surface area contributed by atoms with Crippen molar-refractivity contribution in [2.24, 2.45) is 5.14 Å². The minimum absolute atomic E-state index is 0.0970. The van der Waals surface area contributed by atoms with Gasteiger partial charge in [-0.15, -0.1) is 0 Å². The first-order chi connectivity index (χ1) is 13.7. The van der Waals surface area contributed by atoms with Crippen molar-refractivity contribution in [3.8, 4) is 33.8 Å². The smallest absolute Gasteiger partial charge is 0.238 e. The van der Waals surface area contributed by atoms with Gasteiger partial charge < -0.3 is 9.47 Å². The molecule has 0 saturated carbocycles. The summed E-state index contributed by atoms with van der Waals surface area (Å²) in [5.41, 5.74) is 1.59. The van der Waals surface area contributed by atoms with E-state index in [1.165, 1.54) is 38.5 Å². The van der Waals surface area contributed by atoms with Gasteiger partial charge in [0.15, 0.2) is 11.6 Å². The van der Waals surface area contributed by atoms with Crippen LogP contribution in [0, 0.1) is 11.6 Å². The van der Waals surface area contributed by atoms with Crippen molar-refractivity contribution in [3.05, 3.63) is 65.2 Å². The Morgan fingerprint density at radius 1 is 0.828 bits per heavy atom. The van der Waals surface area contributed by atoms with Crippen LogP contribution < -0.4 is 14.6 Å². The lowest BCUT2D eigenvalue weighted by atomic mass is 9.94. The van der Waals surface area contributed by atoms with Gasteiger partial charge in [-0.3, -0.25) is 0 Å². The molecule has 0 aromatic heterocycles. The molecular formula is C20H16ClF2NO4S. The average Bonchev–Trinajstić information content (AvgIpc) is 2.69. The van der Waals surface area contributed by atoms with E-state index in [0.29, 0.717) is 33.8 Å². The molecule has 0 saturated heterocycles. The Labute approximate surface area is 171 Å². The predicted molar refractivity (Wildman–Crippen MR) is 107 cm³/mol. The van der Waals surface area contributed by atoms with E-state index in [1.54, 1.807) is 12.1 Å². The zero-order valence-corrected chi connectivity index (χ0v) is 16.9. The zero-order valence-electron chi connectivity index (χ0n) is 15.4. The highest BCUT2D eigenvalue weighted by molar-refractivity contribution is 7.89. The molecule has 9 heteroatoms. The Balaban J connectivity index is 2.25. The molecule has 3 rings (SSSR count). The molecule has 0 unspecified atom stereocenters. The number of primary sulfonamides is 1. The Morgan fingerprint density at radius 2 is 1.28 bits per heavy atom. The Hall–Kier alpha value is -2.68. The average molecular weight is 440 g/mol. The van der Waals surface area contributed by atoms with Gasteiger partial charge in [0.1, 0.15) is 16.5 Å². The van der Waals surface area contributed by atoms with E-state index < -0.39 is 21.7 Å². The summed E-state index contributed by atoms with van der Waals surface area (Å²) in [7, 11) is -1.05. The first-order valence-electron chi connectivity index (χ1n) is 8.20. The van der Waals surface area contributed by atoms with Crippen molar-refractivity contribution < 1.29 is 26.7 Å². The molecule has 0 fully saturated rings. The molecule has 2 N–H and O–H groups in total. The van der Waals surface area contributed by atoms with Crippen LogP contribution in [-0.4, -0.2) is 22.6 Å². The number of halogens is 3. The van der Waals surface area contributed by atoms with Crippen LogP contribution in [0.2, 0.25) is 5.02 Å². The van der Waals surface area contributed by atoms with E-state index in [4.69, 9.17) is 26.2 Å². The predicted octanol–water partition coefficient (Wildman–Crippen LogP) is 4.62. The minimum atomic E-state index is -3.88. The van der Waals surface area contributed by atoms with E-state index in [2.05, 4.69) is 0 Å². The molecule has 0 spiro atoms. The Bertz CT molecular complexity index is 1160. The third kappa shape index (κ3) is 4.19. The molecule has 0 heterocycles. The van der Waals surface area contributed by atoms with Crippen molar-refractivity contribution in [3.63, 3.8) is 0 Å². The van der Waals surface area contributed by atoms with Crippen molar-refractivity contribution in [2.75, 3.05) is 14.2 Å². The highest BCUT2D eigenvalue weighted by Crippen LogP contribution is 2.42. The van der Waals surface area contributed by atoms with Gasteiger partial charge in [-0.25, -0.2) is 22.3 Å². The quantitative estimate of drug-likeness (QED) is 0.629. The fourth-order valence-corrected chi connectivity index (χ4v) is 3.65. The van der Waals surface area contributed by atoms with E-state index >= 15 is 0 Å². The second-order valence-electron chi connectivity index (χ2n) is 6.08. The molecule has 0 radical (unpaired) electrons. The van der Waals surface area contributed by atoms with E-state index in [-0.39, 0.29) is 9.92 Å². The lowest BCUT2D eigenvalue weighted by Gasteiger charge is -2.15. The highest BCUT2D eigenvalue weighted by Gasteiger charge is 2.18. The SMILES string of the molecule is COc1cc(-c2cc(F)c(F)cc2-c2ccc(S(N)(=O)=O)cc2)cc(OC)c1Cl. The van der Waals surface area contributed by atoms with Crippen LogP contribution in [0.5, 0.6) is 11.5 Å². The molecule has 5 nitrogen and oxygen atoms in total. The van der Waals surface area contributed by atoms with Crippen molar-refractivity contribution >= 4 is 21.6 Å². The molecular weight excluding hydrogens is 424 g/mol. The summed E-state index contributed by atoms with van der Waals surface area (Å²) in [5.74, 6) is -1.51. The fourth-order valence-electron chi connectivity index (χ4n) is 2.87. The molecule has 152 valence electrons. The van der Waals surface area contributed by atoms with Gasteiger partial charge in [0, 0.05) is 0 Å². The summed E-state index contributed by atoms with van der Waals surface area (Å²) in [4.78, 5) is -0.0970. The van der Waals surface area contributed by atoms with Gasteiger partial charge >= 0.3 is 0 Å². The van der Waals surface area contributed by atoms with Crippen molar-refractivity contribution in [1.82, 2.24) is 0 Å². The summed E-state index contributed by atoms with van der Waals surface area (Å²) < 4.78 is 61.5. The number of ether oxygens (including phenoxy) is 2. The standard InChI is InChI=1S/C20H16ClF2NO4S/c1-27-18-7-12(8-19(28-2)20(18)21)15-10-17(23)16(22)9-14(15)11-3-5-13(6-4-11)29(24,25)26/h3-10H,1-2H3,(H2,24,25,26). The minimum Gasteiger partial charge on any atom is -0.495 e. The maximum Gasteiger partial charge on any atom is 0.238 e. The largest absolute Gasteiger partial charge is 0.495 e. The third-order valence-electron chi connectivity index (χ3n) is 4.31. The van der Waals surface area contributed by atoms with Gasteiger partial charge in [-0.2, -0.15) is 0 Å². The van der Waals surface area contributed by atoms with E-state index in [0.717, 1.165) is 12.1 Å². The molecule has 3 aromatic rings. The summed E-state index contributed by atoms with van der Waals surface area (Å²) >= 11 is 6.19. The first-order valence-corrected chi connectivity index (χ1v) is 10.1. The summed E-state index contributed by atoms with van der Waals surface area (Å²) in [6.07, 6.45) is 0. The first kappa shape index (κ1) is 21.0. The van der Waals surface area contributed by atoms with Gasteiger partial charge in [0.25, 0.3) is 0 Å². The topological polar surface area (TPSA) is 78.6 Å². The summed E-state index contributed by atoms with van der Waals surface area (Å²) in [5, 5.41) is 5.35. The third-order valence-corrected chi connectivity index (χ3v) is 5.61. The maximum absolute atomic E-state index is 14.1. The number of benzene rings is 3. The molecule has 0 aliphatic rings. The van der Waals surface area contributed by atoms with Gasteiger partial charge in [0.05, 0.1) is 19.1 Å². The zero-order chi connectivity index (χ0) is 21.3. The van der Waals surface area contributed by atoms with Crippen molar-refractivity contribution in [2.45, 2.75) is 4.90 Å². The highest BCUT2D eigenvalue weighted by atomic mass is 35.5. The monoisotopic (exact) mass is 439 g/mol. The lowest BCUT2D eigenvalue weighted by molar-refractivity contribution is 0.395. The van der Waals surface area contributed by atoms with Crippen LogP contribution in [0.25, 0.3) is 22.3 Å². The van der Waals surface area contributed by atoms with E-state index in [9.17, 15) is 17.2 Å². The second-order valence-corrected chi connectivity index (χ2v) is 8.02. The maximum atomic E-state index is 14.1. The van der Waals surface area contributed by atoms with Crippen LogP contribution in [0.1, 0.15) is 0 Å². The van der Waals surface area contributed by atoms with Crippen molar-refractivity contribution in [1.29, 1.82) is 0 Å². The van der Waals surface area contributed by atoms with Gasteiger partial charge in [0.2, 0.25) is 10.0 Å².